The molecule has 5 nitrogen and oxygen atoms in total. The molecule has 24 heavy (non-hydrogen) atoms. The van der Waals surface area contributed by atoms with Gasteiger partial charge in [0.15, 0.2) is 5.76 Å². The first kappa shape index (κ1) is 18.5. The van der Waals surface area contributed by atoms with Crippen molar-refractivity contribution in [3.8, 4) is 12.3 Å². The molecular formula is C18H23NO4S. The molecule has 1 amide bonds. The quantitative estimate of drug-likeness (QED) is 0.707. The number of ether oxygens (including phenoxy) is 2. The molecule has 2 heterocycles. The summed E-state index contributed by atoms with van der Waals surface area (Å²) in [5.41, 5.74) is 1.12. The average Bonchev–Trinajstić information content (AvgIpc) is 3.12. The Bertz CT molecular complexity index is 591. The predicted molar refractivity (Wildman–Crippen MR) is 93.3 cm³/mol. The second kappa shape index (κ2) is 9.48. The molecule has 130 valence electrons. The molecule has 3 atom stereocenters. The Morgan fingerprint density at radius 1 is 1.58 bits per heavy atom. The number of hydrogen-bond donors (Lipinski definition) is 2. The Morgan fingerprint density at radius 3 is 3.04 bits per heavy atom. The molecule has 0 spiro atoms. The van der Waals surface area contributed by atoms with E-state index in [1.54, 1.807) is 11.3 Å². The standard InChI is InChI=1S/C18H23NO4S/c1-3-8-19-17(21)16-11-15(13-7-10-24-12-13)14(6-5-9-20)18(23-16)22-4-2/h1,7,10-12,14-15,18,20H,4-6,8-9H2,2H3,(H,19,21)/t14-,15+,18+/m0/s1. The molecule has 0 saturated heterocycles. The van der Waals surface area contributed by atoms with Gasteiger partial charge in [-0.05, 0) is 48.2 Å². The zero-order valence-electron chi connectivity index (χ0n) is 13.7. The first-order valence-corrected chi connectivity index (χ1v) is 9.00. The summed E-state index contributed by atoms with van der Waals surface area (Å²) in [6.07, 6.45) is 7.91. The van der Waals surface area contributed by atoms with Gasteiger partial charge in [-0.2, -0.15) is 11.3 Å². The van der Waals surface area contributed by atoms with Crippen LogP contribution in [0, 0.1) is 18.3 Å². The molecule has 0 unspecified atom stereocenters. The van der Waals surface area contributed by atoms with E-state index in [9.17, 15) is 9.90 Å². The molecular weight excluding hydrogens is 326 g/mol. The average molecular weight is 349 g/mol. The highest BCUT2D eigenvalue weighted by Crippen LogP contribution is 2.39. The van der Waals surface area contributed by atoms with E-state index in [1.165, 1.54) is 0 Å². The van der Waals surface area contributed by atoms with Crippen LogP contribution in [-0.4, -0.2) is 37.1 Å². The molecule has 0 radical (unpaired) electrons. The van der Waals surface area contributed by atoms with Crippen molar-refractivity contribution in [1.29, 1.82) is 0 Å². The number of aliphatic hydroxyl groups is 1. The van der Waals surface area contributed by atoms with E-state index in [4.69, 9.17) is 15.9 Å². The molecule has 0 bridgehead atoms. The van der Waals surface area contributed by atoms with Gasteiger partial charge in [0.2, 0.25) is 6.29 Å². The summed E-state index contributed by atoms with van der Waals surface area (Å²) in [4.78, 5) is 12.2. The van der Waals surface area contributed by atoms with Crippen molar-refractivity contribution < 1.29 is 19.4 Å². The third-order valence-corrected chi connectivity index (χ3v) is 4.62. The second-order valence-corrected chi connectivity index (χ2v) is 6.25. The number of terminal acetylenes is 1. The Kier molecular flexibility index (Phi) is 7.32. The highest BCUT2D eigenvalue weighted by atomic mass is 32.1. The minimum Gasteiger partial charge on any atom is -0.459 e. The summed E-state index contributed by atoms with van der Waals surface area (Å²) in [6, 6.07) is 2.04. The summed E-state index contributed by atoms with van der Waals surface area (Å²) in [5.74, 6) is 2.32. The van der Waals surface area contributed by atoms with Crippen LogP contribution in [0.1, 0.15) is 31.2 Å². The van der Waals surface area contributed by atoms with Crippen LogP contribution in [-0.2, 0) is 14.3 Å². The lowest BCUT2D eigenvalue weighted by atomic mass is 9.81. The van der Waals surface area contributed by atoms with Gasteiger partial charge in [0.05, 0.1) is 6.54 Å². The van der Waals surface area contributed by atoms with Crippen LogP contribution in [0.2, 0.25) is 0 Å². The molecule has 0 saturated carbocycles. The predicted octanol–water partition coefficient (Wildman–Crippen LogP) is 2.25. The maximum absolute atomic E-state index is 12.2. The molecule has 0 aromatic carbocycles. The van der Waals surface area contributed by atoms with Gasteiger partial charge in [-0.15, -0.1) is 6.42 Å². The monoisotopic (exact) mass is 349 g/mol. The Morgan fingerprint density at radius 2 is 2.42 bits per heavy atom. The zero-order valence-corrected chi connectivity index (χ0v) is 14.6. The zero-order chi connectivity index (χ0) is 17.4. The lowest BCUT2D eigenvalue weighted by Crippen LogP contribution is -2.39. The Balaban J connectivity index is 2.30. The van der Waals surface area contributed by atoms with Gasteiger partial charge in [-0.25, -0.2) is 0 Å². The summed E-state index contributed by atoms with van der Waals surface area (Å²) in [6.45, 7) is 2.64. The minimum atomic E-state index is -0.525. The van der Waals surface area contributed by atoms with Crippen LogP contribution in [0.15, 0.2) is 28.7 Å². The van der Waals surface area contributed by atoms with E-state index in [0.29, 0.717) is 13.0 Å². The van der Waals surface area contributed by atoms with Crippen LogP contribution in [0.25, 0.3) is 0 Å². The summed E-state index contributed by atoms with van der Waals surface area (Å²) in [7, 11) is 0. The lowest BCUT2D eigenvalue weighted by molar-refractivity contribution is -0.166. The van der Waals surface area contributed by atoms with Crippen LogP contribution < -0.4 is 5.32 Å². The SMILES string of the molecule is C#CCNC(=O)C1=C[C@H](c2ccsc2)[C@H](CCCO)[C@H](OCC)O1. The van der Waals surface area contributed by atoms with Gasteiger partial charge >= 0.3 is 0 Å². The van der Waals surface area contributed by atoms with E-state index in [-0.39, 0.29) is 36.7 Å². The largest absolute Gasteiger partial charge is 0.459 e. The first-order valence-electron chi connectivity index (χ1n) is 8.06. The van der Waals surface area contributed by atoms with E-state index in [1.807, 2.05) is 24.4 Å². The van der Waals surface area contributed by atoms with Crippen LogP contribution in [0.5, 0.6) is 0 Å². The van der Waals surface area contributed by atoms with Crippen molar-refractivity contribution in [3.05, 3.63) is 34.2 Å². The molecule has 1 aromatic heterocycles. The second-order valence-electron chi connectivity index (χ2n) is 5.47. The van der Waals surface area contributed by atoms with Crippen LogP contribution in [0.3, 0.4) is 0 Å². The van der Waals surface area contributed by atoms with Crippen molar-refractivity contribution in [2.45, 2.75) is 32.0 Å². The maximum atomic E-state index is 12.2. The normalized spacial score (nSPS) is 23.0. The summed E-state index contributed by atoms with van der Waals surface area (Å²) >= 11 is 1.61. The molecule has 1 aromatic rings. The third kappa shape index (κ3) is 4.60. The van der Waals surface area contributed by atoms with Crippen molar-refractivity contribution in [2.24, 2.45) is 5.92 Å². The Hall–Kier alpha value is -1.81. The summed E-state index contributed by atoms with van der Waals surface area (Å²) < 4.78 is 11.5. The number of allylic oxidation sites excluding steroid dienone is 1. The molecule has 6 heteroatoms. The number of nitrogens with one attached hydrogen (secondary N) is 1. The highest BCUT2D eigenvalue weighted by Gasteiger charge is 2.37. The van der Waals surface area contributed by atoms with Gasteiger partial charge in [0.1, 0.15) is 0 Å². The minimum absolute atomic E-state index is 0.000291. The molecule has 0 aliphatic carbocycles. The topological polar surface area (TPSA) is 67.8 Å². The smallest absolute Gasteiger partial charge is 0.286 e. The third-order valence-electron chi connectivity index (χ3n) is 3.91. The van der Waals surface area contributed by atoms with Crippen molar-refractivity contribution in [3.63, 3.8) is 0 Å². The molecule has 0 fully saturated rings. The van der Waals surface area contributed by atoms with Gasteiger partial charge < -0.3 is 19.9 Å². The van der Waals surface area contributed by atoms with Gasteiger partial charge in [-0.1, -0.05) is 5.92 Å². The molecule has 2 N–H and O–H groups in total. The number of carbonyl (C=O) groups is 1. The molecule has 2 rings (SSSR count). The number of amides is 1. The number of aliphatic hydroxyl groups excluding tert-OH is 1. The fourth-order valence-electron chi connectivity index (χ4n) is 2.83. The van der Waals surface area contributed by atoms with E-state index >= 15 is 0 Å². The molecule has 1 aliphatic rings. The van der Waals surface area contributed by atoms with Crippen molar-refractivity contribution >= 4 is 17.2 Å². The Labute approximate surface area is 146 Å². The number of thiophene rings is 1. The highest BCUT2D eigenvalue weighted by molar-refractivity contribution is 7.08. The number of hydrogen-bond acceptors (Lipinski definition) is 5. The number of rotatable bonds is 8. The van der Waals surface area contributed by atoms with E-state index in [2.05, 4.69) is 16.6 Å². The van der Waals surface area contributed by atoms with Crippen molar-refractivity contribution in [2.75, 3.05) is 19.8 Å². The first-order chi connectivity index (χ1) is 11.7. The summed E-state index contributed by atoms with van der Waals surface area (Å²) in [5, 5.41) is 15.9. The van der Waals surface area contributed by atoms with Crippen LogP contribution in [0.4, 0.5) is 0 Å². The molecule has 1 aliphatic heterocycles. The maximum Gasteiger partial charge on any atom is 0.286 e. The number of carbonyl (C=O) groups excluding carboxylic acids is 1. The van der Waals surface area contributed by atoms with Gasteiger partial charge in [0, 0.05) is 25.0 Å². The van der Waals surface area contributed by atoms with Gasteiger partial charge in [-0.3, -0.25) is 4.79 Å². The van der Waals surface area contributed by atoms with E-state index in [0.717, 1.165) is 12.0 Å². The lowest BCUT2D eigenvalue weighted by Gasteiger charge is -2.36. The van der Waals surface area contributed by atoms with Gasteiger partial charge in [0.25, 0.3) is 5.91 Å². The van der Waals surface area contributed by atoms with E-state index < -0.39 is 6.29 Å². The fourth-order valence-corrected chi connectivity index (χ4v) is 3.54. The fraction of sp³-hybridized carbons (Fsp3) is 0.500. The van der Waals surface area contributed by atoms with Crippen molar-refractivity contribution in [1.82, 2.24) is 5.32 Å². The van der Waals surface area contributed by atoms with Crippen LogP contribution >= 0.6 is 11.3 Å².